The number of sulfone groups is 1. The van der Waals surface area contributed by atoms with Crippen molar-refractivity contribution in [2.75, 3.05) is 10.5 Å². The maximum atomic E-state index is 13.6. The van der Waals surface area contributed by atoms with Gasteiger partial charge in [-0.25, -0.2) is 30.0 Å². The van der Waals surface area contributed by atoms with E-state index in [0.717, 1.165) is 12.1 Å². The Kier molecular flexibility index (Phi) is 4.90. The molecule has 0 heterocycles. The molecule has 0 aliphatic heterocycles. The van der Waals surface area contributed by atoms with Gasteiger partial charge in [0.2, 0.25) is 0 Å². The summed E-state index contributed by atoms with van der Waals surface area (Å²) in [5.41, 5.74) is -0.0609. The van der Waals surface area contributed by atoms with E-state index in [9.17, 15) is 30.0 Å². The Bertz CT molecular complexity index is 972. The minimum absolute atomic E-state index is 0.00745. The van der Waals surface area contributed by atoms with Crippen LogP contribution in [-0.4, -0.2) is 22.6 Å². The Hall–Kier alpha value is -2.07. The molecular weight excluding hydrogens is 367 g/mol. The first-order valence-corrected chi connectivity index (χ1v) is 9.71. The molecule has 0 spiro atoms. The molecule has 2 rings (SSSR count). The lowest BCUT2D eigenvalue weighted by Gasteiger charge is -2.10. The molecule has 5 nitrogen and oxygen atoms in total. The molecule has 130 valence electrons. The highest BCUT2D eigenvalue weighted by Crippen LogP contribution is 2.23. The highest BCUT2D eigenvalue weighted by atomic mass is 32.2. The van der Waals surface area contributed by atoms with Gasteiger partial charge in [-0.15, -0.1) is 0 Å². The highest BCUT2D eigenvalue weighted by molar-refractivity contribution is 7.92. The number of sulfonamides is 1. The molecule has 0 aliphatic carbocycles. The lowest BCUT2D eigenvalue weighted by atomic mass is 10.3. The van der Waals surface area contributed by atoms with E-state index in [1.807, 2.05) is 4.72 Å². The van der Waals surface area contributed by atoms with E-state index in [2.05, 4.69) is 0 Å². The number of hydrogen-bond acceptors (Lipinski definition) is 4. The number of halogens is 3. The second-order valence-electron chi connectivity index (χ2n) is 4.71. The van der Waals surface area contributed by atoms with Crippen LogP contribution in [0.1, 0.15) is 6.92 Å². The van der Waals surface area contributed by atoms with E-state index < -0.39 is 42.2 Å². The fraction of sp³-hybridized carbons (Fsp3) is 0.143. The zero-order chi connectivity index (χ0) is 18.1. The first kappa shape index (κ1) is 18.3. The van der Waals surface area contributed by atoms with Crippen LogP contribution in [0.3, 0.4) is 0 Å². The monoisotopic (exact) mass is 379 g/mol. The Balaban J connectivity index is 2.35. The number of hydrogen-bond donors (Lipinski definition) is 1. The zero-order valence-electron chi connectivity index (χ0n) is 12.3. The summed E-state index contributed by atoms with van der Waals surface area (Å²) in [6.45, 7) is 1.46. The minimum atomic E-state index is -4.52. The van der Waals surface area contributed by atoms with Crippen molar-refractivity contribution in [2.24, 2.45) is 0 Å². The van der Waals surface area contributed by atoms with E-state index in [4.69, 9.17) is 0 Å². The average Bonchev–Trinajstić information content (AvgIpc) is 2.52. The van der Waals surface area contributed by atoms with Gasteiger partial charge in [0, 0.05) is 5.69 Å². The molecule has 0 bridgehead atoms. The van der Waals surface area contributed by atoms with E-state index >= 15 is 0 Å². The maximum absolute atomic E-state index is 13.6. The molecular formula is C14H12F3NO4S2. The van der Waals surface area contributed by atoms with Gasteiger partial charge in [0.15, 0.2) is 27.3 Å². The third kappa shape index (κ3) is 3.54. The molecule has 0 fully saturated rings. The van der Waals surface area contributed by atoms with Gasteiger partial charge in [0.1, 0.15) is 4.90 Å². The number of rotatable bonds is 5. The summed E-state index contributed by atoms with van der Waals surface area (Å²) in [6, 6.07) is 5.77. The standard InChI is InChI=1S/C14H12F3NO4S2/c1-2-23(19,20)10-5-3-9(4-6-10)18-24(21,22)12-8-7-11(15)13(16)14(12)17/h3-8,18H,2H2,1H3. The average molecular weight is 379 g/mol. The van der Waals surface area contributed by atoms with Gasteiger partial charge < -0.3 is 0 Å². The molecule has 0 aromatic heterocycles. The van der Waals surface area contributed by atoms with E-state index in [0.29, 0.717) is 12.1 Å². The summed E-state index contributed by atoms with van der Waals surface area (Å²) in [5.74, 6) is -5.38. The van der Waals surface area contributed by atoms with Crippen molar-refractivity contribution in [3.8, 4) is 0 Å². The predicted octanol–water partition coefficient (Wildman–Crippen LogP) is 2.70. The summed E-state index contributed by atoms with van der Waals surface area (Å²) >= 11 is 0. The molecule has 0 radical (unpaired) electrons. The van der Waals surface area contributed by atoms with Crippen LogP contribution < -0.4 is 4.72 Å². The van der Waals surface area contributed by atoms with Crippen molar-refractivity contribution in [3.63, 3.8) is 0 Å². The number of anilines is 1. The highest BCUT2D eigenvalue weighted by Gasteiger charge is 2.24. The first-order chi connectivity index (χ1) is 11.1. The first-order valence-electron chi connectivity index (χ1n) is 6.57. The molecule has 10 heteroatoms. The fourth-order valence-electron chi connectivity index (χ4n) is 1.82. The molecule has 0 saturated carbocycles. The SMILES string of the molecule is CCS(=O)(=O)c1ccc(NS(=O)(=O)c2ccc(F)c(F)c2F)cc1. The third-order valence-electron chi connectivity index (χ3n) is 3.13. The molecule has 0 atom stereocenters. The van der Waals surface area contributed by atoms with Crippen LogP contribution in [0.4, 0.5) is 18.9 Å². The second kappa shape index (κ2) is 6.44. The lowest BCUT2D eigenvalue weighted by Crippen LogP contribution is -2.16. The van der Waals surface area contributed by atoms with Crippen molar-refractivity contribution < 1.29 is 30.0 Å². The Labute approximate surface area is 137 Å². The predicted molar refractivity (Wildman–Crippen MR) is 81.3 cm³/mol. The third-order valence-corrected chi connectivity index (χ3v) is 6.28. The number of nitrogens with one attached hydrogen (secondary N) is 1. The van der Waals surface area contributed by atoms with E-state index in [1.54, 1.807) is 0 Å². The molecule has 24 heavy (non-hydrogen) atoms. The van der Waals surface area contributed by atoms with E-state index in [-0.39, 0.29) is 16.3 Å². The normalized spacial score (nSPS) is 12.2. The van der Waals surface area contributed by atoms with Crippen LogP contribution in [0, 0.1) is 17.5 Å². The molecule has 0 saturated heterocycles. The van der Waals surface area contributed by atoms with Crippen LogP contribution >= 0.6 is 0 Å². The van der Waals surface area contributed by atoms with Crippen molar-refractivity contribution in [2.45, 2.75) is 16.7 Å². The summed E-state index contributed by atoms with van der Waals surface area (Å²) in [5, 5.41) is 0. The lowest BCUT2D eigenvalue weighted by molar-refractivity contribution is 0.432. The molecule has 2 aromatic rings. The Morgan fingerprint density at radius 2 is 1.46 bits per heavy atom. The van der Waals surface area contributed by atoms with Crippen molar-refractivity contribution in [1.82, 2.24) is 0 Å². The van der Waals surface area contributed by atoms with Crippen molar-refractivity contribution in [1.29, 1.82) is 0 Å². The van der Waals surface area contributed by atoms with Gasteiger partial charge in [-0.1, -0.05) is 6.92 Å². The van der Waals surface area contributed by atoms with Gasteiger partial charge in [-0.05, 0) is 36.4 Å². The van der Waals surface area contributed by atoms with Gasteiger partial charge in [0.05, 0.1) is 10.6 Å². The molecule has 0 amide bonds. The molecule has 0 unspecified atom stereocenters. The maximum Gasteiger partial charge on any atom is 0.264 e. The fourth-order valence-corrected chi connectivity index (χ4v) is 3.84. The summed E-state index contributed by atoms with van der Waals surface area (Å²) in [7, 11) is -7.97. The van der Waals surface area contributed by atoms with Gasteiger partial charge in [-0.2, -0.15) is 0 Å². The second-order valence-corrected chi connectivity index (χ2v) is 8.64. The minimum Gasteiger partial charge on any atom is -0.280 e. The molecule has 0 aliphatic rings. The Morgan fingerprint density at radius 1 is 0.875 bits per heavy atom. The summed E-state index contributed by atoms with van der Waals surface area (Å²) in [6.07, 6.45) is 0. The van der Waals surface area contributed by atoms with Crippen LogP contribution in [0.5, 0.6) is 0 Å². The Morgan fingerprint density at radius 3 is 2.00 bits per heavy atom. The number of benzene rings is 2. The van der Waals surface area contributed by atoms with Crippen molar-refractivity contribution >= 4 is 25.5 Å². The summed E-state index contributed by atoms with van der Waals surface area (Å²) in [4.78, 5) is -1.07. The van der Waals surface area contributed by atoms with Crippen LogP contribution in [0.25, 0.3) is 0 Å². The smallest absolute Gasteiger partial charge is 0.264 e. The van der Waals surface area contributed by atoms with Gasteiger partial charge in [0.25, 0.3) is 10.0 Å². The van der Waals surface area contributed by atoms with Crippen LogP contribution in [0.2, 0.25) is 0 Å². The topological polar surface area (TPSA) is 80.3 Å². The molecule has 1 N–H and O–H groups in total. The van der Waals surface area contributed by atoms with Crippen molar-refractivity contribution in [3.05, 3.63) is 53.8 Å². The quantitative estimate of drug-likeness (QED) is 0.810. The largest absolute Gasteiger partial charge is 0.280 e. The molecule has 2 aromatic carbocycles. The van der Waals surface area contributed by atoms with E-state index in [1.165, 1.54) is 19.1 Å². The summed E-state index contributed by atoms with van der Waals surface area (Å²) < 4.78 is 89.1. The van der Waals surface area contributed by atoms with Gasteiger partial charge >= 0.3 is 0 Å². The van der Waals surface area contributed by atoms with Crippen LogP contribution in [0.15, 0.2) is 46.2 Å². The zero-order valence-corrected chi connectivity index (χ0v) is 13.9. The van der Waals surface area contributed by atoms with Gasteiger partial charge in [-0.3, -0.25) is 4.72 Å². The van der Waals surface area contributed by atoms with Crippen LogP contribution in [-0.2, 0) is 19.9 Å².